The average molecular weight is 315 g/mol. The van der Waals surface area contributed by atoms with Crippen molar-refractivity contribution in [2.45, 2.75) is 30.4 Å². The second kappa shape index (κ2) is 7.97. The van der Waals surface area contributed by atoms with Crippen molar-refractivity contribution < 1.29 is 19.4 Å². The summed E-state index contributed by atoms with van der Waals surface area (Å²) in [5.41, 5.74) is 8.36. The first-order valence-electron chi connectivity index (χ1n) is 6.54. The molecule has 0 aliphatic heterocycles. The molecule has 0 aliphatic carbocycles. The number of aliphatic carboxylic acids is 1. The number of ether oxygens (including phenoxy) is 1. The highest BCUT2D eigenvalue weighted by atomic mass is 35.5. The number of halogens is 1. The molecule has 116 valence electrons. The largest absolute Gasteiger partial charge is 0.479 e. The Balaban J connectivity index is 2.75. The highest BCUT2D eigenvalue weighted by Gasteiger charge is 2.44. The summed E-state index contributed by atoms with van der Waals surface area (Å²) < 4.78 is 4.98. The molecule has 0 saturated carbocycles. The predicted octanol–water partition coefficient (Wildman–Crippen LogP) is 1.38. The van der Waals surface area contributed by atoms with E-state index in [-0.39, 0.29) is 6.42 Å². The number of alkyl halides is 1. The fourth-order valence-electron chi connectivity index (χ4n) is 1.72. The van der Waals surface area contributed by atoms with Gasteiger partial charge in [-0.25, -0.2) is 9.59 Å². The van der Waals surface area contributed by atoms with Gasteiger partial charge in [-0.2, -0.15) is 0 Å². The highest BCUT2D eigenvalue weighted by molar-refractivity contribution is 6.20. The summed E-state index contributed by atoms with van der Waals surface area (Å²) in [5, 5.41) is 9.19. The summed E-state index contributed by atoms with van der Waals surface area (Å²) in [6.07, 6.45) is 0.923. The van der Waals surface area contributed by atoms with E-state index in [1.165, 1.54) is 0 Å². The molecule has 0 radical (unpaired) electrons. The molecule has 0 spiro atoms. The molecule has 1 rings (SSSR count). The zero-order chi connectivity index (χ0) is 15.9. The fraction of sp³-hybridized carbons (Fsp3) is 0.429. The standard InChI is InChI=1S/C14H19ClN2O4/c15-11(10-6-2-1-3-7-10)21-13(20)14(17,12(18)19)8-4-5-9-16/h1-3,6-7,11H,4-5,8-9,16-17H2,(H,18,19). The Kier molecular flexibility index (Phi) is 6.61. The molecular weight excluding hydrogens is 296 g/mol. The SMILES string of the molecule is NCCCCC(N)(C(=O)O)C(=O)OC(Cl)c1ccccc1. The van der Waals surface area contributed by atoms with E-state index in [4.69, 9.17) is 27.8 Å². The molecule has 5 N–H and O–H groups in total. The minimum atomic E-state index is -2.11. The molecule has 7 heteroatoms. The minimum absolute atomic E-state index is 0.0588. The summed E-state index contributed by atoms with van der Waals surface area (Å²) in [6.45, 7) is 0.396. The molecule has 0 bridgehead atoms. The van der Waals surface area contributed by atoms with Crippen molar-refractivity contribution >= 4 is 23.5 Å². The lowest BCUT2D eigenvalue weighted by molar-refractivity contribution is -0.163. The Bertz CT molecular complexity index is 483. The van der Waals surface area contributed by atoms with Crippen LogP contribution in [0.4, 0.5) is 0 Å². The lowest BCUT2D eigenvalue weighted by Gasteiger charge is -2.24. The van der Waals surface area contributed by atoms with Crippen LogP contribution < -0.4 is 11.5 Å². The molecule has 0 amide bonds. The van der Waals surface area contributed by atoms with Crippen LogP contribution in [0, 0.1) is 0 Å². The lowest BCUT2D eigenvalue weighted by atomic mass is 9.94. The summed E-state index contributed by atoms with van der Waals surface area (Å²) in [6, 6.07) is 8.57. The van der Waals surface area contributed by atoms with E-state index in [1.807, 2.05) is 0 Å². The second-order valence-electron chi connectivity index (χ2n) is 4.65. The number of rotatable bonds is 8. The second-order valence-corrected chi connectivity index (χ2v) is 5.05. The smallest absolute Gasteiger partial charge is 0.339 e. The van der Waals surface area contributed by atoms with Gasteiger partial charge in [0.05, 0.1) is 0 Å². The molecule has 2 atom stereocenters. The molecule has 0 saturated heterocycles. The van der Waals surface area contributed by atoms with E-state index < -0.39 is 23.0 Å². The number of benzene rings is 1. The number of esters is 1. The van der Waals surface area contributed by atoms with Gasteiger partial charge in [0.2, 0.25) is 11.1 Å². The molecule has 0 heterocycles. The number of carbonyl (C=O) groups excluding carboxylic acids is 1. The Morgan fingerprint density at radius 3 is 2.43 bits per heavy atom. The molecule has 1 aromatic carbocycles. The molecule has 1 aromatic rings. The minimum Gasteiger partial charge on any atom is -0.479 e. The topological polar surface area (TPSA) is 116 Å². The molecule has 21 heavy (non-hydrogen) atoms. The van der Waals surface area contributed by atoms with E-state index in [9.17, 15) is 14.7 Å². The Hall–Kier alpha value is -1.63. The molecule has 6 nitrogen and oxygen atoms in total. The zero-order valence-corrected chi connectivity index (χ0v) is 12.3. The molecular formula is C14H19ClN2O4. The maximum Gasteiger partial charge on any atom is 0.339 e. The van der Waals surface area contributed by atoms with Crippen molar-refractivity contribution in [1.29, 1.82) is 0 Å². The van der Waals surface area contributed by atoms with Crippen molar-refractivity contribution in [3.63, 3.8) is 0 Å². The van der Waals surface area contributed by atoms with Gasteiger partial charge in [0, 0.05) is 5.56 Å². The predicted molar refractivity (Wildman–Crippen MR) is 78.6 cm³/mol. The van der Waals surface area contributed by atoms with Crippen LogP contribution in [0.25, 0.3) is 0 Å². The molecule has 0 aliphatic rings. The van der Waals surface area contributed by atoms with Gasteiger partial charge in [-0.15, -0.1) is 0 Å². The van der Waals surface area contributed by atoms with E-state index in [0.717, 1.165) is 0 Å². The summed E-state index contributed by atoms with van der Waals surface area (Å²) in [5.74, 6) is -2.50. The van der Waals surface area contributed by atoms with E-state index in [0.29, 0.717) is 24.9 Å². The fourth-order valence-corrected chi connectivity index (χ4v) is 1.94. The van der Waals surface area contributed by atoms with Crippen LogP contribution in [0.5, 0.6) is 0 Å². The van der Waals surface area contributed by atoms with Crippen molar-refractivity contribution in [3.8, 4) is 0 Å². The van der Waals surface area contributed by atoms with Crippen LogP contribution in [-0.4, -0.2) is 29.1 Å². The van der Waals surface area contributed by atoms with Crippen molar-refractivity contribution in [2.24, 2.45) is 11.5 Å². The first-order chi connectivity index (χ1) is 9.91. The van der Waals surface area contributed by atoms with Crippen molar-refractivity contribution in [2.75, 3.05) is 6.54 Å². The summed E-state index contributed by atoms with van der Waals surface area (Å²) in [7, 11) is 0. The first-order valence-corrected chi connectivity index (χ1v) is 6.98. The van der Waals surface area contributed by atoms with Gasteiger partial charge in [0.1, 0.15) is 0 Å². The normalized spacial score (nSPS) is 15.0. The summed E-state index contributed by atoms with van der Waals surface area (Å²) in [4.78, 5) is 23.3. The number of carbonyl (C=O) groups is 2. The van der Waals surface area contributed by atoms with Gasteiger partial charge >= 0.3 is 11.9 Å². The Morgan fingerprint density at radius 2 is 1.90 bits per heavy atom. The molecule has 2 unspecified atom stereocenters. The van der Waals surface area contributed by atoms with Crippen LogP contribution in [0.2, 0.25) is 0 Å². The third-order valence-electron chi connectivity index (χ3n) is 3.04. The van der Waals surface area contributed by atoms with E-state index >= 15 is 0 Å². The average Bonchev–Trinajstić information content (AvgIpc) is 2.47. The molecule has 0 aromatic heterocycles. The first kappa shape index (κ1) is 17.4. The van der Waals surface area contributed by atoms with Gasteiger partial charge in [-0.3, -0.25) is 0 Å². The zero-order valence-electron chi connectivity index (χ0n) is 11.5. The van der Waals surface area contributed by atoms with Crippen molar-refractivity contribution in [3.05, 3.63) is 35.9 Å². The van der Waals surface area contributed by atoms with E-state index in [2.05, 4.69) is 0 Å². The number of hydrogen-bond acceptors (Lipinski definition) is 5. The Labute approximate surface area is 128 Å². The Morgan fingerprint density at radius 1 is 1.29 bits per heavy atom. The van der Waals surface area contributed by atoms with Crippen LogP contribution in [0.1, 0.15) is 30.4 Å². The quantitative estimate of drug-likeness (QED) is 0.289. The van der Waals surface area contributed by atoms with Crippen molar-refractivity contribution in [1.82, 2.24) is 0 Å². The van der Waals surface area contributed by atoms with Gasteiger partial charge < -0.3 is 21.3 Å². The third-order valence-corrected chi connectivity index (χ3v) is 3.38. The lowest BCUT2D eigenvalue weighted by Crippen LogP contribution is -2.55. The van der Waals surface area contributed by atoms with Gasteiger partial charge in [0.15, 0.2) is 0 Å². The number of carboxylic acids is 1. The number of carboxylic acid groups (broad SMARTS) is 1. The van der Waals surface area contributed by atoms with Gasteiger partial charge in [0.25, 0.3) is 0 Å². The number of hydrogen-bond donors (Lipinski definition) is 3. The van der Waals surface area contributed by atoms with E-state index in [1.54, 1.807) is 30.3 Å². The monoisotopic (exact) mass is 314 g/mol. The van der Waals surface area contributed by atoms with Gasteiger partial charge in [-0.05, 0) is 25.8 Å². The van der Waals surface area contributed by atoms with Crippen LogP contribution in [0.3, 0.4) is 0 Å². The number of nitrogens with two attached hydrogens (primary N) is 2. The number of unbranched alkanes of at least 4 members (excludes halogenated alkanes) is 1. The highest BCUT2D eigenvalue weighted by Crippen LogP contribution is 2.25. The summed E-state index contributed by atoms with van der Waals surface area (Å²) >= 11 is 5.96. The maximum absolute atomic E-state index is 12.0. The van der Waals surface area contributed by atoms with Gasteiger partial charge in [-0.1, -0.05) is 41.9 Å². The van der Waals surface area contributed by atoms with Crippen LogP contribution >= 0.6 is 11.6 Å². The van der Waals surface area contributed by atoms with Crippen LogP contribution in [0.15, 0.2) is 30.3 Å². The maximum atomic E-state index is 12.0. The van der Waals surface area contributed by atoms with Crippen LogP contribution in [-0.2, 0) is 14.3 Å². The molecule has 0 fully saturated rings. The third kappa shape index (κ3) is 4.70.